The second kappa shape index (κ2) is 6.64. The molecule has 3 atom stereocenters. The van der Waals surface area contributed by atoms with Crippen LogP contribution in [0.3, 0.4) is 0 Å². The number of sulfonamides is 1. The lowest BCUT2D eigenvalue weighted by molar-refractivity contribution is 0.343. The fourth-order valence-electron chi connectivity index (χ4n) is 4.12. The Morgan fingerprint density at radius 2 is 1.85 bits per heavy atom. The highest BCUT2D eigenvalue weighted by Gasteiger charge is 2.50. The normalized spacial score (nSPS) is 26.0. The first kappa shape index (κ1) is 17.5. The Hall–Kier alpha value is -1.96. The van der Waals surface area contributed by atoms with Crippen molar-refractivity contribution in [1.29, 1.82) is 0 Å². The molecule has 2 fully saturated rings. The van der Waals surface area contributed by atoms with Gasteiger partial charge >= 0.3 is 0 Å². The molecule has 0 radical (unpaired) electrons. The number of halogens is 1. The van der Waals surface area contributed by atoms with Gasteiger partial charge < -0.3 is 10.1 Å². The number of nitrogens with zero attached hydrogens (tertiary/aromatic N) is 1. The third-order valence-corrected chi connectivity index (χ3v) is 7.28. The van der Waals surface area contributed by atoms with Gasteiger partial charge in [-0.05, 0) is 48.2 Å². The summed E-state index contributed by atoms with van der Waals surface area (Å²) in [5.74, 6) is 0.404. The molecule has 5 nitrogen and oxygen atoms in total. The Labute approximate surface area is 152 Å². The molecule has 0 saturated carbocycles. The van der Waals surface area contributed by atoms with E-state index in [0.29, 0.717) is 6.54 Å². The van der Waals surface area contributed by atoms with Gasteiger partial charge in [0.1, 0.15) is 16.5 Å². The quantitative estimate of drug-likeness (QED) is 0.890. The van der Waals surface area contributed by atoms with Crippen molar-refractivity contribution in [3.8, 4) is 5.75 Å². The van der Waals surface area contributed by atoms with E-state index in [2.05, 4.69) is 5.32 Å². The highest BCUT2D eigenvalue weighted by molar-refractivity contribution is 7.89. The number of nitrogens with one attached hydrogen (secondary N) is 1. The number of benzene rings is 2. The number of hydrogen-bond acceptors (Lipinski definition) is 4. The van der Waals surface area contributed by atoms with Gasteiger partial charge in [-0.1, -0.05) is 24.3 Å². The Balaban J connectivity index is 1.77. The minimum Gasteiger partial charge on any atom is -0.497 e. The first-order valence-electron chi connectivity index (χ1n) is 8.63. The first-order valence-corrected chi connectivity index (χ1v) is 10.1. The van der Waals surface area contributed by atoms with Gasteiger partial charge in [0.25, 0.3) is 0 Å². The predicted octanol–water partition coefficient (Wildman–Crippen LogP) is 2.42. The van der Waals surface area contributed by atoms with Crippen LogP contribution in [-0.4, -0.2) is 39.5 Å². The molecule has 0 aliphatic carbocycles. The van der Waals surface area contributed by atoms with Gasteiger partial charge in [0.05, 0.1) is 13.2 Å². The molecule has 2 aliphatic rings. The molecule has 2 aromatic carbocycles. The third kappa shape index (κ3) is 2.80. The van der Waals surface area contributed by atoms with E-state index in [-0.39, 0.29) is 22.8 Å². The van der Waals surface area contributed by atoms with Crippen LogP contribution in [0.5, 0.6) is 5.75 Å². The van der Waals surface area contributed by atoms with Crippen molar-refractivity contribution in [3.63, 3.8) is 0 Å². The van der Waals surface area contributed by atoms with E-state index in [1.807, 2.05) is 24.3 Å². The number of ether oxygens (including phenoxy) is 1. The summed E-state index contributed by atoms with van der Waals surface area (Å²) >= 11 is 0. The topological polar surface area (TPSA) is 58.6 Å². The van der Waals surface area contributed by atoms with E-state index < -0.39 is 15.8 Å². The van der Waals surface area contributed by atoms with Crippen molar-refractivity contribution in [2.75, 3.05) is 26.7 Å². The lowest BCUT2D eigenvalue weighted by Crippen LogP contribution is -2.35. The summed E-state index contributed by atoms with van der Waals surface area (Å²) < 4.78 is 47.4. The zero-order valence-electron chi connectivity index (χ0n) is 14.4. The Morgan fingerprint density at radius 1 is 1.12 bits per heavy atom. The van der Waals surface area contributed by atoms with Gasteiger partial charge in [0.15, 0.2) is 0 Å². The van der Waals surface area contributed by atoms with Crippen LogP contribution >= 0.6 is 0 Å². The van der Waals surface area contributed by atoms with Gasteiger partial charge in [-0.2, -0.15) is 4.31 Å². The second-order valence-corrected chi connectivity index (χ2v) is 8.66. The first-order chi connectivity index (χ1) is 12.5. The predicted molar refractivity (Wildman–Crippen MR) is 95.9 cm³/mol. The van der Waals surface area contributed by atoms with Crippen LogP contribution in [0, 0.1) is 17.7 Å². The van der Waals surface area contributed by atoms with E-state index in [0.717, 1.165) is 24.4 Å². The molecule has 0 unspecified atom stereocenters. The largest absolute Gasteiger partial charge is 0.497 e. The van der Waals surface area contributed by atoms with Crippen LogP contribution < -0.4 is 10.1 Å². The van der Waals surface area contributed by atoms with Crippen molar-refractivity contribution in [1.82, 2.24) is 9.62 Å². The van der Waals surface area contributed by atoms with E-state index in [1.165, 1.54) is 22.5 Å². The summed E-state index contributed by atoms with van der Waals surface area (Å²) in [6, 6.07) is 12.7. The molecule has 4 rings (SSSR count). The van der Waals surface area contributed by atoms with Crippen molar-refractivity contribution in [2.45, 2.75) is 10.9 Å². The van der Waals surface area contributed by atoms with Crippen LogP contribution in [0.2, 0.25) is 0 Å². The molecule has 0 amide bonds. The molecule has 2 aromatic rings. The van der Waals surface area contributed by atoms with Gasteiger partial charge in [-0.25, -0.2) is 12.8 Å². The standard InChI is InChI=1S/C19H21FN2O3S/c1-25-15-8-6-13(7-9-15)19-16-11-21-10-14(16)12-22(19)26(23,24)18-5-3-2-4-17(18)20/h2-9,14,16,19,21H,10-12H2,1H3/t14-,16-,19+/m0/s1. The van der Waals surface area contributed by atoms with Crippen molar-refractivity contribution >= 4 is 10.0 Å². The van der Waals surface area contributed by atoms with E-state index in [9.17, 15) is 12.8 Å². The number of rotatable bonds is 4. The number of methoxy groups -OCH3 is 1. The fourth-order valence-corrected chi connectivity index (χ4v) is 5.91. The Kier molecular flexibility index (Phi) is 4.46. The van der Waals surface area contributed by atoms with Crippen LogP contribution in [0.4, 0.5) is 4.39 Å². The molecular formula is C19H21FN2O3S. The smallest absolute Gasteiger partial charge is 0.246 e. The summed E-state index contributed by atoms with van der Waals surface area (Å²) in [5.41, 5.74) is 0.905. The molecule has 26 heavy (non-hydrogen) atoms. The SMILES string of the molecule is COc1ccc([C@@H]2[C@H]3CNC[C@H]3CN2S(=O)(=O)c2ccccc2F)cc1. The molecular weight excluding hydrogens is 355 g/mol. The number of hydrogen-bond donors (Lipinski definition) is 1. The molecule has 0 aromatic heterocycles. The summed E-state index contributed by atoms with van der Waals surface area (Å²) in [5, 5.41) is 3.35. The summed E-state index contributed by atoms with van der Waals surface area (Å²) in [6.07, 6.45) is 0. The van der Waals surface area contributed by atoms with Gasteiger partial charge in [-0.15, -0.1) is 0 Å². The Morgan fingerprint density at radius 3 is 2.54 bits per heavy atom. The van der Waals surface area contributed by atoms with E-state index >= 15 is 0 Å². The average molecular weight is 376 g/mol. The molecule has 0 spiro atoms. The maximum absolute atomic E-state index is 14.2. The minimum atomic E-state index is -3.93. The maximum Gasteiger partial charge on any atom is 0.246 e. The summed E-state index contributed by atoms with van der Waals surface area (Å²) in [6.45, 7) is 1.93. The molecule has 1 N–H and O–H groups in total. The van der Waals surface area contributed by atoms with E-state index in [1.54, 1.807) is 13.2 Å². The molecule has 2 aliphatic heterocycles. The number of fused-ring (bicyclic) bond motifs is 1. The molecule has 2 saturated heterocycles. The van der Waals surface area contributed by atoms with Gasteiger partial charge in [0.2, 0.25) is 10.0 Å². The van der Waals surface area contributed by atoms with Crippen LogP contribution in [0.1, 0.15) is 11.6 Å². The minimum absolute atomic E-state index is 0.171. The molecule has 7 heteroatoms. The average Bonchev–Trinajstić information content (AvgIpc) is 3.23. The van der Waals surface area contributed by atoms with Crippen LogP contribution in [-0.2, 0) is 10.0 Å². The fraction of sp³-hybridized carbons (Fsp3) is 0.368. The maximum atomic E-state index is 14.2. The lowest BCUT2D eigenvalue weighted by atomic mass is 9.90. The van der Waals surface area contributed by atoms with E-state index in [4.69, 9.17) is 4.74 Å². The summed E-state index contributed by atoms with van der Waals surface area (Å²) in [7, 11) is -2.33. The third-order valence-electron chi connectivity index (χ3n) is 5.40. The zero-order chi connectivity index (χ0) is 18.3. The monoisotopic (exact) mass is 376 g/mol. The molecule has 0 bridgehead atoms. The van der Waals surface area contributed by atoms with Crippen LogP contribution in [0.25, 0.3) is 0 Å². The molecule has 138 valence electrons. The highest BCUT2D eigenvalue weighted by Crippen LogP contribution is 2.45. The van der Waals surface area contributed by atoms with Crippen molar-refractivity contribution in [2.24, 2.45) is 11.8 Å². The van der Waals surface area contributed by atoms with Gasteiger partial charge in [-0.3, -0.25) is 0 Å². The van der Waals surface area contributed by atoms with Gasteiger partial charge in [0, 0.05) is 13.1 Å². The van der Waals surface area contributed by atoms with Crippen molar-refractivity contribution < 1.29 is 17.5 Å². The Bertz CT molecular complexity index is 901. The molecule has 2 heterocycles. The zero-order valence-corrected chi connectivity index (χ0v) is 15.2. The van der Waals surface area contributed by atoms with Crippen LogP contribution in [0.15, 0.2) is 53.4 Å². The van der Waals surface area contributed by atoms with Crippen molar-refractivity contribution in [3.05, 3.63) is 59.9 Å². The highest BCUT2D eigenvalue weighted by atomic mass is 32.2. The second-order valence-electron chi connectivity index (χ2n) is 6.81. The summed E-state index contributed by atoms with van der Waals surface area (Å²) in [4.78, 5) is -0.258. The lowest BCUT2D eigenvalue weighted by Gasteiger charge is -2.28.